The Hall–Kier alpha value is -2.35. The molecule has 8 heteroatoms. The Morgan fingerprint density at radius 3 is 2.70 bits per heavy atom. The van der Waals surface area contributed by atoms with Crippen LogP contribution in [0, 0.1) is 10.7 Å². The Balaban J connectivity index is 1.49. The minimum Gasteiger partial charge on any atom is -0.454 e. The molecule has 2 aliphatic rings. The van der Waals surface area contributed by atoms with Gasteiger partial charge >= 0.3 is 0 Å². The second-order valence-electron chi connectivity index (χ2n) is 7.41. The van der Waals surface area contributed by atoms with Crippen molar-refractivity contribution in [3.05, 3.63) is 27.3 Å². The van der Waals surface area contributed by atoms with Gasteiger partial charge < -0.3 is 19.8 Å². The number of hydrogen-bond acceptors (Lipinski definition) is 5. The molecule has 4 rings (SSSR count). The third-order valence-corrected chi connectivity index (χ3v) is 5.74. The molecular weight excluding hydrogens is 366 g/mol. The Morgan fingerprint density at radius 2 is 1.96 bits per heavy atom. The third kappa shape index (κ3) is 3.71. The van der Waals surface area contributed by atoms with Crippen LogP contribution in [-0.4, -0.2) is 28.3 Å². The van der Waals surface area contributed by atoms with Crippen molar-refractivity contribution in [2.45, 2.75) is 51.6 Å². The number of rotatable bonds is 4. The van der Waals surface area contributed by atoms with Crippen molar-refractivity contribution < 1.29 is 14.3 Å². The van der Waals surface area contributed by atoms with E-state index in [9.17, 15) is 9.59 Å². The van der Waals surface area contributed by atoms with Gasteiger partial charge in [0.1, 0.15) is 0 Å². The number of hydrogen-bond donors (Lipinski definition) is 2. The van der Waals surface area contributed by atoms with Crippen molar-refractivity contribution in [3.63, 3.8) is 0 Å². The van der Waals surface area contributed by atoms with Crippen LogP contribution >= 0.6 is 12.2 Å². The summed E-state index contributed by atoms with van der Waals surface area (Å²) >= 11 is 5.32. The number of carbonyl (C=O) groups is 1. The predicted octanol–water partition coefficient (Wildman–Crippen LogP) is 2.87. The number of benzene rings is 1. The molecule has 2 N–H and O–H groups in total. The SMILES string of the molecule is CC1CCC(NC(=O)CCn2c(=S)[nH]c3cc4c(cc3c2=O)OCO4)CC1. The average molecular weight is 389 g/mol. The van der Waals surface area contributed by atoms with Crippen molar-refractivity contribution in [3.8, 4) is 11.5 Å². The lowest BCUT2D eigenvalue weighted by Crippen LogP contribution is -2.38. The largest absolute Gasteiger partial charge is 0.454 e. The molecule has 2 heterocycles. The van der Waals surface area contributed by atoms with Crippen molar-refractivity contribution in [2.24, 2.45) is 5.92 Å². The maximum atomic E-state index is 12.8. The van der Waals surface area contributed by atoms with E-state index in [1.807, 2.05) is 0 Å². The molecule has 7 nitrogen and oxygen atoms in total. The molecule has 0 saturated heterocycles. The van der Waals surface area contributed by atoms with Crippen molar-refractivity contribution >= 4 is 29.0 Å². The highest BCUT2D eigenvalue weighted by molar-refractivity contribution is 7.71. The zero-order valence-corrected chi connectivity index (χ0v) is 16.1. The lowest BCUT2D eigenvalue weighted by atomic mass is 9.87. The summed E-state index contributed by atoms with van der Waals surface area (Å²) in [5.41, 5.74) is 0.373. The first kappa shape index (κ1) is 18.0. The highest BCUT2D eigenvalue weighted by Gasteiger charge is 2.20. The normalized spacial score (nSPS) is 21.4. The molecule has 1 saturated carbocycles. The van der Waals surface area contributed by atoms with Crippen LogP contribution in [0.4, 0.5) is 0 Å². The van der Waals surface area contributed by atoms with Crippen LogP contribution in [0.25, 0.3) is 10.9 Å². The van der Waals surface area contributed by atoms with Gasteiger partial charge in [-0.25, -0.2) is 0 Å². The van der Waals surface area contributed by atoms with Gasteiger partial charge in [0.05, 0.1) is 10.9 Å². The van der Waals surface area contributed by atoms with Gasteiger partial charge in [-0.15, -0.1) is 0 Å². The third-order valence-electron chi connectivity index (χ3n) is 5.42. The fraction of sp³-hybridized carbons (Fsp3) is 0.526. The number of fused-ring (bicyclic) bond motifs is 2. The standard InChI is InChI=1S/C19H23N3O4S/c1-11-2-4-12(5-3-11)20-17(23)6-7-22-18(24)13-8-15-16(26-10-25-15)9-14(13)21-19(22)27/h8-9,11-12H,2-7,10H2,1H3,(H,20,23)(H,21,27). The van der Waals surface area contributed by atoms with E-state index in [1.54, 1.807) is 12.1 Å². The second kappa shape index (κ2) is 7.34. The van der Waals surface area contributed by atoms with E-state index >= 15 is 0 Å². The number of nitrogens with one attached hydrogen (secondary N) is 2. The molecule has 0 radical (unpaired) electrons. The second-order valence-corrected chi connectivity index (χ2v) is 7.80. The van der Waals surface area contributed by atoms with Gasteiger partial charge in [-0.2, -0.15) is 0 Å². The van der Waals surface area contributed by atoms with E-state index in [0.29, 0.717) is 27.2 Å². The van der Waals surface area contributed by atoms with Crippen molar-refractivity contribution in [2.75, 3.05) is 6.79 Å². The number of H-pyrrole nitrogens is 1. The first-order chi connectivity index (χ1) is 13.0. The molecular formula is C19H23N3O4S. The highest BCUT2D eigenvalue weighted by Crippen LogP contribution is 2.34. The van der Waals surface area contributed by atoms with Gasteiger partial charge in [-0.1, -0.05) is 6.92 Å². The summed E-state index contributed by atoms with van der Waals surface area (Å²) in [6.07, 6.45) is 4.57. The maximum Gasteiger partial charge on any atom is 0.262 e. The minimum atomic E-state index is -0.230. The molecule has 1 amide bonds. The topological polar surface area (TPSA) is 85.4 Å². The van der Waals surface area contributed by atoms with E-state index in [0.717, 1.165) is 31.6 Å². The van der Waals surface area contributed by atoms with Gasteiger partial charge in [0.25, 0.3) is 5.56 Å². The molecule has 0 unspecified atom stereocenters. The summed E-state index contributed by atoms with van der Waals surface area (Å²) in [5, 5.41) is 3.55. The lowest BCUT2D eigenvalue weighted by Gasteiger charge is -2.26. The Labute approximate surface area is 161 Å². The number of amides is 1. The minimum absolute atomic E-state index is 0.0402. The summed E-state index contributed by atoms with van der Waals surface area (Å²) in [6.45, 7) is 2.63. The van der Waals surface area contributed by atoms with Gasteiger partial charge in [-0.05, 0) is 49.9 Å². The molecule has 1 aromatic heterocycles. The number of ether oxygens (including phenoxy) is 2. The Kier molecular flexibility index (Phi) is 4.90. The molecule has 0 atom stereocenters. The zero-order valence-electron chi connectivity index (χ0n) is 15.2. The lowest BCUT2D eigenvalue weighted by molar-refractivity contribution is -0.122. The van der Waals surface area contributed by atoms with E-state index in [2.05, 4.69) is 17.2 Å². The van der Waals surface area contributed by atoms with Crippen LogP contribution in [0.15, 0.2) is 16.9 Å². The van der Waals surface area contributed by atoms with Crippen LogP contribution < -0.4 is 20.3 Å². The fourth-order valence-corrected chi connectivity index (χ4v) is 4.05. The summed E-state index contributed by atoms with van der Waals surface area (Å²) in [4.78, 5) is 28.2. The van der Waals surface area contributed by atoms with Gasteiger partial charge in [0.15, 0.2) is 16.3 Å². The average Bonchev–Trinajstić information content (AvgIpc) is 3.09. The molecule has 0 spiro atoms. The van der Waals surface area contributed by atoms with Crippen LogP contribution in [0.2, 0.25) is 0 Å². The molecule has 2 aromatic rings. The van der Waals surface area contributed by atoms with E-state index < -0.39 is 0 Å². The first-order valence-electron chi connectivity index (χ1n) is 9.37. The zero-order chi connectivity index (χ0) is 19.0. The van der Waals surface area contributed by atoms with Gasteiger partial charge in [-0.3, -0.25) is 14.2 Å². The summed E-state index contributed by atoms with van der Waals surface area (Å²) in [7, 11) is 0. The van der Waals surface area contributed by atoms with Crippen molar-refractivity contribution in [1.82, 2.24) is 14.9 Å². The fourth-order valence-electron chi connectivity index (χ4n) is 3.76. The predicted molar refractivity (Wildman–Crippen MR) is 104 cm³/mol. The summed E-state index contributed by atoms with van der Waals surface area (Å²) < 4.78 is 12.4. The molecule has 1 aliphatic heterocycles. The molecule has 1 aromatic carbocycles. The number of carbonyl (C=O) groups excluding carboxylic acids is 1. The van der Waals surface area contributed by atoms with E-state index in [1.165, 1.54) is 4.57 Å². The van der Waals surface area contributed by atoms with Crippen LogP contribution in [0.3, 0.4) is 0 Å². The van der Waals surface area contributed by atoms with E-state index in [4.69, 9.17) is 21.7 Å². The van der Waals surface area contributed by atoms with Crippen LogP contribution in [-0.2, 0) is 11.3 Å². The smallest absolute Gasteiger partial charge is 0.262 e. The Bertz CT molecular complexity index is 989. The summed E-state index contributed by atoms with van der Waals surface area (Å²) in [6, 6.07) is 3.62. The number of nitrogens with zero attached hydrogens (tertiary/aromatic N) is 1. The molecule has 0 bridgehead atoms. The van der Waals surface area contributed by atoms with Crippen molar-refractivity contribution in [1.29, 1.82) is 0 Å². The molecule has 27 heavy (non-hydrogen) atoms. The monoisotopic (exact) mass is 389 g/mol. The quantitative estimate of drug-likeness (QED) is 0.786. The van der Waals surface area contributed by atoms with E-state index in [-0.39, 0.29) is 37.3 Å². The molecule has 1 aliphatic carbocycles. The summed E-state index contributed by atoms with van der Waals surface area (Å²) in [5.74, 6) is 1.83. The highest BCUT2D eigenvalue weighted by atomic mass is 32.1. The molecule has 1 fully saturated rings. The van der Waals surface area contributed by atoms with Crippen LogP contribution in [0.5, 0.6) is 11.5 Å². The Morgan fingerprint density at radius 1 is 1.26 bits per heavy atom. The molecule has 144 valence electrons. The number of aromatic nitrogens is 2. The van der Waals surface area contributed by atoms with Crippen LogP contribution in [0.1, 0.15) is 39.0 Å². The van der Waals surface area contributed by atoms with Gasteiger partial charge in [0, 0.05) is 25.1 Å². The maximum absolute atomic E-state index is 12.8. The number of aromatic amines is 1. The first-order valence-corrected chi connectivity index (χ1v) is 9.78. The van der Waals surface area contributed by atoms with Gasteiger partial charge in [0.2, 0.25) is 12.7 Å².